The maximum atomic E-state index is 12.3. The van der Waals surface area contributed by atoms with E-state index in [-0.39, 0.29) is 24.0 Å². The standard InChI is InChI=1S/C13H21N3O2/c1-13(2,3)11-7-10(14-15-11)12(18)16-6-4-5-9(16)8-17/h7,9,17H,4-6,8H2,1-3H3,(H,14,15)/t9-/m0/s1. The number of aromatic nitrogens is 2. The van der Waals surface area contributed by atoms with E-state index in [2.05, 4.69) is 31.0 Å². The van der Waals surface area contributed by atoms with Gasteiger partial charge < -0.3 is 10.0 Å². The van der Waals surface area contributed by atoms with E-state index in [0.717, 1.165) is 18.5 Å². The number of nitrogens with zero attached hydrogens (tertiary/aromatic N) is 2. The minimum Gasteiger partial charge on any atom is -0.394 e. The first-order valence-corrected chi connectivity index (χ1v) is 6.41. The van der Waals surface area contributed by atoms with Crippen molar-refractivity contribution in [3.05, 3.63) is 17.5 Å². The highest BCUT2D eigenvalue weighted by molar-refractivity contribution is 5.92. The molecule has 2 N–H and O–H groups in total. The van der Waals surface area contributed by atoms with Crippen molar-refractivity contribution in [3.8, 4) is 0 Å². The molecule has 2 rings (SSSR count). The fraction of sp³-hybridized carbons (Fsp3) is 0.692. The molecule has 1 aliphatic rings. The molecule has 1 amide bonds. The Morgan fingerprint density at radius 1 is 1.61 bits per heavy atom. The average Bonchev–Trinajstić information content (AvgIpc) is 2.96. The van der Waals surface area contributed by atoms with Gasteiger partial charge in [0.25, 0.3) is 5.91 Å². The van der Waals surface area contributed by atoms with Crippen LogP contribution in [0.15, 0.2) is 6.07 Å². The van der Waals surface area contributed by atoms with Gasteiger partial charge in [0.1, 0.15) is 5.69 Å². The second-order valence-corrected chi connectivity index (χ2v) is 5.89. The second kappa shape index (κ2) is 4.72. The van der Waals surface area contributed by atoms with Crippen molar-refractivity contribution in [1.29, 1.82) is 0 Å². The highest BCUT2D eigenvalue weighted by Crippen LogP contribution is 2.23. The SMILES string of the molecule is CC(C)(C)c1cc(C(=O)N2CCC[C@H]2CO)n[nH]1. The van der Waals surface area contributed by atoms with E-state index in [1.54, 1.807) is 4.90 Å². The second-order valence-electron chi connectivity index (χ2n) is 5.89. The molecule has 2 heterocycles. The van der Waals surface area contributed by atoms with Gasteiger partial charge in [0, 0.05) is 17.7 Å². The molecule has 5 nitrogen and oxygen atoms in total. The summed E-state index contributed by atoms with van der Waals surface area (Å²) in [6, 6.07) is 1.77. The lowest BCUT2D eigenvalue weighted by Gasteiger charge is -2.21. The summed E-state index contributed by atoms with van der Waals surface area (Å²) in [5.74, 6) is -0.0849. The van der Waals surface area contributed by atoms with Crippen molar-refractivity contribution in [3.63, 3.8) is 0 Å². The molecule has 0 unspecified atom stereocenters. The van der Waals surface area contributed by atoms with E-state index in [1.807, 2.05) is 6.07 Å². The largest absolute Gasteiger partial charge is 0.394 e. The van der Waals surface area contributed by atoms with Gasteiger partial charge in [-0.25, -0.2) is 0 Å². The summed E-state index contributed by atoms with van der Waals surface area (Å²) < 4.78 is 0. The number of amides is 1. The van der Waals surface area contributed by atoms with Gasteiger partial charge in [-0.05, 0) is 18.9 Å². The van der Waals surface area contributed by atoms with Crippen molar-refractivity contribution in [1.82, 2.24) is 15.1 Å². The van der Waals surface area contributed by atoms with Gasteiger partial charge >= 0.3 is 0 Å². The van der Waals surface area contributed by atoms with Crippen molar-refractivity contribution in [2.45, 2.75) is 45.1 Å². The van der Waals surface area contributed by atoms with Crippen LogP contribution in [0.1, 0.15) is 49.8 Å². The highest BCUT2D eigenvalue weighted by Gasteiger charge is 2.30. The minimum atomic E-state index is -0.0849. The van der Waals surface area contributed by atoms with Gasteiger partial charge in [0.2, 0.25) is 0 Å². The zero-order valence-electron chi connectivity index (χ0n) is 11.2. The molecule has 1 fully saturated rings. The third-order valence-corrected chi connectivity index (χ3v) is 3.45. The summed E-state index contributed by atoms with van der Waals surface area (Å²) in [5.41, 5.74) is 1.35. The number of aliphatic hydroxyl groups is 1. The number of H-pyrrole nitrogens is 1. The van der Waals surface area contributed by atoms with Gasteiger partial charge in [-0.15, -0.1) is 0 Å². The lowest BCUT2D eigenvalue weighted by atomic mass is 9.92. The first kappa shape index (κ1) is 13.1. The number of likely N-dealkylation sites (tertiary alicyclic amines) is 1. The molecule has 1 saturated heterocycles. The van der Waals surface area contributed by atoms with Crippen LogP contribution in [-0.4, -0.2) is 45.3 Å². The molecule has 0 aliphatic carbocycles. The van der Waals surface area contributed by atoms with Crippen LogP contribution in [0.3, 0.4) is 0 Å². The van der Waals surface area contributed by atoms with Gasteiger partial charge in [0.15, 0.2) is 0 Å². The molecular formula is C13H21N3O2. The Kier molecular flexibility index (Phi) is 3.43. The Labute approximate surface area is 107 Å². The van der Waals surface area contributed by atoms with Crippen molar-refractivity contribution in [2.75, 3.05) is 13.2 Å². The third-order valence-electron chi connectivity index (χ3n) is 3.45. The van der Waals surface area contributed by atoms with Crippen LogP contribution in [0.2, 0.25) is 0 Å². The summed E-state index contributed by atoms with van der Waals surface area (Å²) in [6.07, 6.45) is 1.83. The fourth-order valence-corrected chi connectivity index (χ4v) is 2.26. The number of carbonyl (C=O) groups excluding carboxylic acids is 1. The van der Waals surface area contributed by atoms with Crippen LogP contribution < -0.4 is 0 Å². The molecule has 1 aromatic rings. The smallest absolute Gasteiger partial charge is 0.274 e. The molecule has 0 spiro atoms. The third kappa shape index (κ3) is 2.41. The van der Waals surface area contributed by atoms with Crippen LogP contribution in [0, 0.1) is 0 Å². The lowest BCUT2D eigenvalue weighted by molar-refractivity contribution is 0.0671. The Bertz CT molecular complexity index is 434. The van der Waals surface area contributed by atoms with Crippen LogP contribution >= 0.6 is 0 Å². The Morgan fingerprint density at radius 2 is 2.33 bits per heavy atom. The summed E-state index contributed by atoms with van der Waals surface area (Å²) in [6.45, 7) is 6.95. The number of hydrogen-bond donors (Lipinski definition) is 2. The lowest BCUT2D eigenvalue weighted by Crippen LogP contribution is -2.37. The first-order chi connectivity index (χ1) is 8.43. The van der Waals surface area contributed by atoms with E-state index in [0.29, 0.717) is 12.2 Å². The summed E-state index contributed by atoms with van der Waals surface area (Å²) in [7, 11) is 0. The van der Waals surface area contributed by atoms with E-state index >= 15 is 0 Å². The number of hydrogen-bond acceptors (Lipinski definition) is 3. The number of rotatable bonds is 2. The topological polar surface area (TPSA) is 69.2 Å². The zero-order chi connectivity index (χ0) is 13.3. The number of aromatic amines is 1. The Hall–Kier alpha value is -1.36. The normalized spacial score (nSPS) is 20.4. The predicted molar refractivity (Wildman–Crippen MR) is 68.4 cm³/mol. The monoisotopic (exact) mass is 251 g/mol. The highest BCUT2D eigenvalue weighted by atomic mass is 16.3. The summed E-state index contributed by atoms with van der Waals surface area (Å²) >= 11 is 0. The van der Waals surface area contributed by atoms with E-state index in [1.165, 1.54) is 0 Å². The van der Waals surface area contributed by atoms with E-state index in [9.17, 15) is 9.90 Å². The van der Waals surface area contributed by atoms with Gasteiger partial charge in [0.05, 0.1) is 12.6 Å². The van der Waals surface area contributed by atoms with Gasteiger partial charge in [-0.3, -0.25) is 9.89 Å². The van der Waals surface area contributed by atoms with E-state index in [4.69, 9.17) is 0 Å². The molecule has 0 bridgehead atoms. The molecule has 100 valence electrons. The van der Waals surface area contributed by atoms with Crippen LogP contribution in [0.4, 0.5) is 0 Å². The average molecular weight is 251 g/mol. The van der Waals surface area contributed by atoms with Crippen molar-refractivity contribution < 1.29 is 9.90 Å². The quantitative estimate of drug-likeness (QED) is 0.832. The minimum absolute atomic E-state index is 0.0301. The molecule has 1 aromatic heterocycles. The summed E-state index contributed by atoms with van der Waals surface area (Å²) in [4.78, 5) is 14.0. The zero-order valence-corrected chi connectivity index (χ0v) is 11.2. The molecule has 1 atom stereocenters. The van der Waals surface area contributed by atoms with Gasteiger partial charge in [-0.2, -0.15) is 5.10 Å². The maximum Gasteiger partial charge on any atom is 0.274 e. The number of carbonyl (C=O) groups is 1. The van der Waals surface area contributed by atoms with Crippen molar-refractivity contribution in [2.24, 2.45) is 0 Å². The van der Waals surface area contributed by atoms with Crippen LogP contribution in [0.25, 0.3) is 0 Å². The van der Waals surface area contributed by atoms with Gasteiger partial charge in [-0.1, -0.05) is 20.8 Å². The summed E-state index contributed by atoms with van der Waals surface area (Å²) in [5, 5.41) is 16.3. The molecule has 0 radical (unpaired) electrons. The van der Waals surface area contributed by atoms with Crippen LogP contribution in [0.5, 0.6) is 0 Å². The molecule has 0 saturated carbocycles. The number of nitrogens with one attached hydrogen (secondary N) is 1. The Balaban J connectivity index is 2.16. The molecule has 1 aliphatic heterocycles. The van der Waals surface area contributed by atoms with Crippen LogP contribution in [-0.2, 0) is 5.41 Å². The molecule has 5 heteroatoms. The van der Waals surface area contributed by atoms with E-state index < -0.39 is 0 Å². The molecule has 0 aromatic carbocycles. The molecule has 18 heavy (non-hydrogen) atoms. The predicted octanol–water partition coefficient (Wildman–Crippen LogP) is 1.30. The first-order valence-electron chi connectivity index (χ1n) is 6.41. The number of aliphatic hydroxyl groups excluding tert-OH is 1. The maximum absolute atomic E-state index is 12.3. The van der Waals surface area contributed by atoms with Crippen molar-refractivity contribution >= 4 is 5.91 Å². The fourth-order valence-electron chi connectivity index (χ4n) is 2.26. The molecular weight excluding hydrogens is 230 g/mol. The Morgan fingerprint density at radius 3 is 2.89 bits per heavy atom.